The van der Waals surface area contributed by atoms with E-state index in [9.17, 15) is 0 Å². The van der Waals surface area contributed by atoms with Crippen LogP contribution in [0.5, 0.6) is 0 Å². The van der Waals surface area contributed by atoms with Crippen molar-refractivity contribution in [3.05, 3.63) is 66.2 Å². The molecule has 5 nitrogen and oxygen atoms in total. The van der Waals surface area contributed by atoms with Crippen LogP contribution in [0, 0.1) is 0 Å². The fraction of sp³-hybridized carbons (Fsp3) is 0.143. The molecule has 3 N–H and O–H groups in total. The summed E-state index contributed by atoms with van der Waals surface area (Å²) in [6.07, 6.45) is 6.29. The molecule has 96 valence electrons. The van der Waals surface area contributed by atoms with E-state index in [1.54, 1.807) is 6.20 Å². The summed E-state index contributed by atoms with van der Waals surface area (Å²) in [5.41, 5.74) is 5.99. The fourth-order valence-corrected chi connectivity index (χ4v) is 2.21. The van der Waals surface area contributed by atoms with Gasteiger partial charge in [0.05, 0.1) is 17.8 Å². The van der Waals surface area contributed by atoms with Gasteiger partial charge in [0.1, 0.15) is 0 Å². The SMILES string of the molecule is NNC(Cc1ccccn1)c1cnn2ccccc12. The second-order valence-corrected chi connectivity index (χ2v) is 4.37. The summed E-state index contributed by atoms with van der Waals surface area (Å²) in [5, 5.41) is 4.33. The van der Waals surface area contributed by atoms with Crippen LogP contribution in [0.2, 0.25) is 0 Å². The standard InChI is InChI=1S/C14H15N5/c15-18-13(9-11-5-1-3-7-16-11)12-10-17-19-8-4-2-6-14(12)19/h1-8,10,13,18H,9,15H2. The van der Waals surface area contributed by atoms with E-state index in [-0.39, 0.29) is 6.04 Å². The summed E-state index contributed by atoms with van der Waals surface area (Å²) < 4.78 is 1.85. The van der Waals surface area contributed by atoms with E-state index in [4.69, 9.17) is 5.84 Å². The molecular weight excluding hydrogens is 238 g/mol. The van der Waals surface area contributed by atoms with Gasteiger partial charge in [-0.15, -0.1) is 0 Å². The first-order valence-electron chi connectivity index (χ1n) is 6.17. The molecule has 0 aromatic carbocycles. The predicted octanol–water partition coefficient (Wildman–Crippen LogP) is 1.48. The first-order chi connectivity index (χ1) is 9.38. The summed E-state index contributed by atoms with van der Waals surface area (Å²) in [6.45, 7) is 0. The molecule has 1 unspecified atom stereocenters. The number of nitrogens with two attached hydrogens (primary N) is 1. The topological polar surface area (TPSA) is 68.2 Å². The van der Waals surface area contributed by atoms with Crippen LogP contribution >= 0.6 is 0 Å². The average Bonchev–Trinajstić information content (AvgIpc) is 2.90. The van der Waals surface area contributed by atoms with Crippen molar-refractivity contribution in [2.75, 3.05) is 0 Å². The number of rotatable bonds is 4. The second-order valence-electron chi connectivity index (χ2n) is 4.37. The molecule has 0 aliphatic rings. The molecule has 3 heterocycles. The van der Waals surface area contributed by atoms with Gasteiger partial charge in [0, 0.05) is 30.1 Å². The first-order valence-corrected chi connectivity index (χ1v) is 6.17. The van der Waals surface area contributed by atoms with Gasteiger partial charge < -0.3 is 0 Å². The van der Waals surface area contributed by atoms with Crippen molar-refractivity contribution in [2.24, 2.45) is 5.84 Å². The molecule has 0 saturated heterocycles. The van der Waals surface area contributed by atoms with Gasteiger partial charge in [0.25, 0.3) is 0 Å². The van der Waals surface area contributed by atoms with Gasteiger partial charge in [0.15, 0.2) is 0 Å². The molecule has 3 rings (SSSR count). The van der Waals surface area contributed by atoms with E-state index in [1.165, 1.54) is 0 Å². The predicted molar refractivity (Wildman–Crippen MR) is 73.2 cm³/mol. The minimum absolute atomic E-state index is 0.00481. The zero-order valence-corrected chi connectivity index (χ0v) is 10.4. The zero-order chi connectivity index (χ0) is 13.1. The smallest absolute Gasteiger partial charge is 0.0710 e. The number of nitrogens with zero attached hydrogens (tertiary/aromatic N) is 3. The van der Waals surface area contributed by atoms with Gasteiger partial charge in [-0.2, -0.15) is 5.10 Å². The quantitative estimate of drug-likeness (QED) is 0.546. The van der Waals surface area contributed by atoms with Gasteiger partial charge in [-0.25, -0.2) is 4.52 Å². The molecule has 0 radical (unpaired) electrons. The number of hydrogen-bond acceptors (Lipinski definition) is 4. The lowest BCUT2D eigenvalue weighted by atomic mass is 10.0. The van der Waals surface area contributed by atoms with Crippen LogP contribution in [0.25, 0.3) is 5.52 Å². The third-order valence-corrected chi connectivity index (χ3v) is 3.17. The number of hydrazine groups is 1. The lowest BCUT2D eigenvalue weighted by molar-refractivity contribution is 0.549. The van der Waals surface area contributed by atoms with Gasteiger partial charge in [-0.1, -0.05) is 12.1 Å². The summed E-state index contributed by atoms with van der Waals surface area (Å²) in [6, 6.07) is 11.9. The normalized spacial score (nSPS) is 12.7. The Bertz CT molecular complexity index is 662. The summed E-state index contributed by atoms with van der Waals surface area (Å²) in [4.78, 5) is 4.33. The van der Waals surface area contributed by atoms with Crippen LogP contribution in [0.3, 0.4) is 0 Å². The minimum atomic E-state index is -0.00481. The molecule has 0 amide bonds. The minimum Gasteiger partial charge on any atom is -0.271 e. The van der Waals surface area contributed by atoms with Crippen molar-refractivity contribution in [2.45, 2.75) is 12.5 Å². The van der Waals surface area contributed by atoms with Gasteiger partial charge >= 0.3 is 0 Å². The Morgan fingerprint density at radius 3 is 2.89 bits per heavy atom. The number of nitrogens with one attached hydrogen (secondary N) is 1. The Labute approximate surface area is 111 Å². The molecule has 0 saturated carbocycles. The third-order valence-electron chi connectivity index (χ3n) is 3.17. The van der Waals surface area contributed by atoms with E-state index in [2.05, 4.69) is 15.5 Å². The zero-order valence-electron chi connectivity index (χ0n) is 10.4. The van der Waals surface area contributed by atoms with Crippen LogP contribution in [0.15, 0.2) is 55.0 Å². The molecule has 0 aliphatic heterocycles. The molecule has 3 aromatic rings. The Balaban J connectivity index is 1.94. The van der Waals surface area contributed by atoms with Gasteiger partial charge in [-0.05, 0) is 24.3 Å². The lowest BCUT2D eigenvalue weighted by Crippen LogP contribution is -2.29. The second kappa shape index (κ2) is 5.17. The van der Waals surface area contributed by atoms with Crippen LogP contribution in [-0.2, 0) is 6.42 Å². The van der Waals surface area contributed by atoms with Crippen molar-refractivity contribution in [1.82, 2.24) is 20.0 Å². The lowest BCUT2D eigenvalue weighted by Gasteiger charge is -2.14. The highest BCUT2D eigenvalue weighted by atomic mass is 15.3. The molecule has 5 heteroatoms. The van der Waals surface area contributed by atoms with Crippen LogP contribution in [0.4, 0.5) is 0 Å². The van der Waals surface area contributed by atoms with E-state index in [1.807, 2.05) is 53.3 Å². The largest absolute Gasteiger partial charge is 0.271 e. The van der Waals surface area contributed by atoms with Crippen LogP contribution in [-0.4, -0.2) is 14.6 Å². The molecule has 19 heavy (non-hydrogen) atoms. The molecule has 0 aliphatic carbocycles. The first kappa shape index (κ1) is 11.8. The van der Waals surface area contributed by atoms with Crippen molar-refractivity contribution in [1.29, 1.82) is 0 Å². The van der Waals surface area contributed by atoms with E-state index >= 15 is 0 Å². The van der Waals surface area contributed by atoms with Crippen molar-refractivity contribution >= 4 is 5.52 Å². The molecular formula is C14H15N5. The Morgan fingerprint density at radius 2 is 2.11 bits per heavy atom. The highest BCUT2D eigenvalue weighted by molar-refractivity contribution is 5.55. The van der Waals surface area contributed by atoms with Gasteiger partial charge in [-0.3, -0.25) is 16.3 Å². The molecule has 0 fully saturated rings. The maximum absolute atomic E-state index is 5.69. The highest BCUT2D eigenvalue weighted by Gasteiger charge is 2.15. The van der Waals surface area contributed by atoms with E-state index in [0.717, 1.165) is 23.2 Å². The average molecular weight is 253 g/mol. The Hall–Kier alpha value is -2.24. The van der Waals surface area contributed by atoms with E-state index in [0.29, 0.717) is 0 Å². The molecule has 3 aromatic heterocycles. The van der Waals surface area contributed by atoms with Crippen LogP contribution < -0.4 is 11.3 Å². The summed E-state index contributed by atoms with van der Waals surface area (Å²) in [7, 11) is 0. The monoisotopic (exact) mass is 253 g/mol. The number of pyridine rings is 2. The van der Waals surface area contributed by atoms with Crippen molar-refractivity contribution in [3.8, 4) is 0 Å². The highest BCUT2D eigenvalue weighted by Crippen LogP contribution is 2.21. The van der Waals surface area contributed by atoms with E-state index < -0.39 is 0 Å². The maximum Gasteiger partial charge on any atom is 0.0710 e. The molecule has 1 atom stereocenters. The fourth-order valence-electron chi connectivity index (χ4n) is 2.21. The Morgan fingerprint density at radius 1 is 1.21 bits per heavy atom. The maximum atomic E-state index is 5.69. The summed E-state index contributed by atoms with van der Waals surface area (Å²) >= 11 is 0. The van der Waals surface area contributed by atoms with Gasteiger partial charge in [0.2, 0.25) is 0 Å². The summed E-state index contributed by atoms with van der Waals surface area (Å²) in [5.74, 6) is 5.69. The molecule has 0 spiro atoms. The number of hydrogen-bond donors (Lipinski definition) is 2. The third kappa shape index (κ3) is 2.33. The van der Waals surface area contributed by atoms with Crippen molar-refractivity contribution in [3.63, 3.8) is 0 Å². The van der Waals surface area contributed by atoms with Crippen molar-refractivity contribution < 1.29 is 0 Å². The Kier molecular flexibility index (Phi) is 3.22. The number of aromatic nitrogens is 3. The molecule has 0 bridgehead atoms. The number of fused-ring (bicyclic) bond motifs is 1. The van der Waals surface area contributed by atoms with Crippen LogP contribution in [0.1, 0.15) is 17.3 Å².